The van der Waals surface area contributed by atoms with E-state index in [1.165, 1.54) is 37.3 Å². The van der Waals surface area contributed by atoms with Gasteiger partial charge in [0.15, 0.2) is 0 Å². The van der Waals surface area contributed by atoms with Crippen LogP contribution in [0.5, 0.6) is 0 Å². The van der Waals surface area contributed by atoms with Crippen molar-refractivity contribution in [2.45, 2.75) is 65.7 Å². The standard InChI is InChI=1S/C11H20O2.C8H8.C5H8O2.C4H6.C3H3N/c1-3-4-5-6-7-8-9-10(2)11(12)13;1-2-8-6-4-3-5-7-8;1-3-4(2)5(6)7;1-3-4-2;1-2-3-4/h2-9H2,1H3,(H,12,13);2-7H,1H2;3H,1-2H3,(H,6,7);3-4H,1-2H2;2H,1H2. The molecule has 0 aliphatic rings. The van der Waals surface area contributed by atoms with Gasteiger partial charge in [0.2, 0.25) is 0 Å². The predicted molar refractivity (Wildman–Crippen MR) is 155 cm³/mol. The Morgan fingerprint density at radius 2 is 1.39 bits per heavy atom. The Kier molecular flexibility index (Phi) is 36.3. The van der Waals surface area contributed by atoms with Crippen molar-refractivity contribution < 1.29 is 19.8 Å². The lowest BCUT2D eigenvalue weighted by Gasteiger charge is -2.00. The average molecular weight is 496 g/mol. The van der Waals surface area contributed by atoms with Crippen LogP contribution >= 0.6 is 0 Å². The van der Waals surface area contributed by atoms with Gasteiger partial charge in [-0.15, -0.1) is 0 Å². The smallest absolute Gasteiger partial charge is 0.330 e. The minimum atomic E-state index is -0.853. The maximum Gasteiger partial charge on any atom is 0.330 e. The highest BCUT2D eigenvalue weighted by atomic mass is 16.4. The van der Waals surface area contributed by atoms with E-state index in [-0.39, 0.29) is 0 Å². The molecule has 0 heterocycles. The summed E-state index contributed by atoms with van der Waals surface area (Å²) in [5.41, 5.74) is 1.91. The average Bonchev–Trinajstić information content (AvgIpc) is 2.91. The summed E-state index contributed by atoms with van der Waals surface area (Å²) in [5, 5.41) is 24.1. The first-order valence-corrected chi connectivity index (χ1v) is 11.8. The number of hydrogen-bond donors (Lipinski definition) is 2. The zero-order chi connectivity index (χ0) is 28.6. The van der Waals surface area contributed by atoms with Crippen LogP contribution in [0.2, 0.25) is 0 Å². The summed E-state index contributed by atoms with van der Waals surface area (Å²) >= 11 is 0. The van der Waals surface area contributed by atoms with Crippen LogP contribution in [0.25, 0.3) is 6.08 Å². The number of unbranched alkanes of at least 4 members (excludes halogenated alkanes) is 5. The number of rotatable bonds is 11. The monoisotopic (exact) mass is 495 g/mol. The summed E-state index contributed by atoms with van der Waals surface area (Å²) in [6, 6.07) is 11.7. The molecule has 0 bridgehead atoms. The van der Waals surface area contributed by atoms with Gasteiger partial charge in [0.05, 0.1) is 6.07 Å². The Balaban J connectivity index is -0.000000192. The second kappa shape index (κ2) is 33.3. The highest BCUT2D eigenvalue weighted by Gasteiger charge is 2.02. The van der Waals surface area contributed by atoms with Crippen LogP contribution in [0, 0.1) is 11.3 Å². The van der Waals surface area contributed by atoms with Gasteiger partial charge in [-0.2, -0.15) is 5.26 Å². The molecule has 0 atom stereocenters. The Labute approximate surface area is 219 Å². The molecule has 36 heavy (non-hydrogen) atoms. The molecule has 0 amide bonds. The first-order chi connectivity index (χ1) is 17.1. The molecule has 0 radical (unpaired) electrons. The van der Waals surface area contributed by atoms with Gasteiger partial charge < -0.3 is 10.2 Å². The van der Waals surface area contributed by atoms with Gasteiger partial charge in [-0.05, 0) is 32.3 Å². The van der Waals surface area contributed by atoms with Crippen LogP contribution in [0.1, 0.15) is 71.3 Å². The second-order valence-corrected chi connectivity index (χ2v) is 7.12. The predicted octanol–water partition coefficient (Wildman–Crippen LogP) is 8.80. The molecule has 0 saturated heterocycles. The molecule has 0 fully saturated rings. The van der Waals surface area contributed by atoms with E-state index in [1.807, 2.05) is 36.4 Å². The maximum atomic E-state index is 10.4. The fourth-order valence-electron chi connectivity index (χ4n) is 1.94. The Morgan fingerprint density at radius 1 is 0.917 bits per heavy atom. The Bertz CT molecular complexity index is 809. The summed E-state index contributed by atoms with van der Waals surface area (Å²) < 4.78 is 0. The lowest BCUT2D eigenvalue weighted by atomic mass is 10.1. The number of carboxylic acids is 2. The second-order valence-electron chi connectivity index (χ2n) is 7.12. The molecule has 0 unspecified atom stereocenters. The van der Waals surface area contributed by atoms with Crippen LogP contribution in [0.3, 0.4) is 0 Å². The van der Waals surface area contributed by atoms with E-state index in [0.717, 1.165) is 12.8 Å². The van der Waals surface area contributed by atoms with Crippen LogP contribution in [-0.2, 0) is 9.59 Å². The van der Waals surface area contributed by atoms with E-state index in [0.29, 0.717) is 17.6 Å². The molecule has 0 spiro atoms. The van der Waals surface area contributed by atoms with Crippen LogP contribution in [0.4, 0.5) is 0 Å². The van der Waals surface area contributed by atoms with Gasteiger partial charge in [-0.25, -0.2) is 9.59 Å². The molecule has 198 valence electrons. The highest BCUT2D eigenvalue weighted by molar-refractivity contribution is 5.85. The van der Waals surface area contributed by atoms with Crippen molar-refractivity contribution in [3.63, 3.8) is 0 Å². The van der Waals surface area contributed by atoms with Crippen molar-refractivity contribution in [3.05, 3.63) is 104 Å². The van der Waals surface area contributed by atoms with Crippen molar-refractivity contribution in [2.75, 3.05) is 0 Å². The largest absolute Gasteiger partial charge is 0.478 e. The van der Waals surface area contributed by atoms with E-state index in [9.17, 15) is 9.59 Å². The summed E-state index contributed by atoms with van der Waals surface area (Å²) in [7, 11) is 0. The number of nitrogens with zero attached hydrogens (tertiary/aromatic N) is 1. The molecule has 5 nitrogen and oxygen atoms in total. The normalized spacial score (nSPS) is 8.67. The summed E-state index contributed by atoms with van der Waals surface area (Å²) in [4.78, 5) is 20.2. The number of carbonyl (C=O) groups is 2. The molecule has 0 aliphatic carbocycles. The molecule has 1 aromatic carbocycles. The number of benzene rings is 1. The van der Waals surface area contributed by atoms with Crippen molar-refractivity contribution in [3.8, 4) is 6.07 Å². The van der Waals surface area contributed by atoms with Gasteiger partial charge >= 0.3 is 11.9 Å². The molecule has 2 N–H and O–H groups in total. The zero-order valence-electron chi connectivity index (χ0n) is 22.4. The fourth-order valence-corrected chi connectivity index (χ4v) is 1.94. The number of carboxylic acid groups (broad SMARTS) is 2. The molecular formula is C31H45NO4. The third kappa shape index (κ3) is 37.4. The topological polar surface area (TPSA) is 98.4 Å². The quantitative estimate of drug-likeness (QED) is 0.138. The summed E-state index contributed by atoms with van der Waals surface area (Å²) in [5.74, 6) is -1.70. The lowest BCUT2D eigenvalue weighted by Crippen LogP contribution is -1.98. The van der Waals surface area contributed by atoms with Crippen LogP contribution in [-0.4, -0.2) is 22.2 Å². The van der Waals surface area contributed by atoms with E-state index in [1.54, 1.807) is 38.1 Å². The Hall–Kier alpha value is -3.91. The number of hydrogen-bond acceptors (Lipinski definition) is 3. The number of allylic oxidation sites excluding steroid dienone is 4. The van der Waals surface area contributed by atoms with Crippen LogP contribution < -0.4 is 0 Å². The van der Waals surface area contributed by atoms with E-state index in [4.69, 9.17) is 15.5 Å². The zero-order valence-corrected chi connectivity index (χ0v) is 22.4. The van der Waals surface area contributed by atoms with Crippen molar-refractivity contribution in [2.24, 2.45) is 0 Å². The van der Waals surface area contributed by atoms with Gasteiger partial charge in [-0.3, -0.25) is 0 Å². The molecular weight excluding hydrogens is 450 g/mol. The Morgan fingerprint density at radius 3 is 1.67 bits per heavy atom. The fraction of sp³-hybridized carbons (Fsp3) is 0.323. The van der Waals surface area contributed by atoms with Gasteiger partial charge in [0, 0.05) is 17.2 Å². The lowest BCUT2D eigenvalue weighted by molar-refractivity contribution is -0.133. The van der Waals surface area contributed by atoms with Crippen molar-refractivity contribution >= 4 is 18.0 Å². The third-order valence-corrected chi connectivity index (χ3v) is 4.20. The van der Waals surface area contributed by atoms with E-state index < -0.39 is 11.9 Å². The molecule has 0 aromatic heterocycles. The van der Waals surface area contributed by atoms with Gasteiger partial charge in [0.1, 0.15) is 0 Å². The minimum absolute atomic E-state index is 0.343. The molecule has 0 saturated carbocycles. The van der Waals surface area contributed by atoms with Crippen LogP contribution in [0.15, 0.2) is 98.7 Å². The molecule has 0 aliphatic heterocycles. The number of aliphatic carboxylic acids is 2. The number of nitriles is 1. The highest BCUT2D eigenvalue weighted by Crippen LogP contribution is 2.10. The SMILES string of the molecule is C=C(CCCCCCCC)C(=O)O.C=CC#N.C=CC=C.C=Cc1ccccc1.CC=C(C)C(=O)O. The van der Waals surface area contributed by atoms with E-state index >= 15 is 0 Å². The minimum Gasteiger partial charge on any atom is -0.478 e. The first-order valence-electron chi connectivity index (χ1n) is 11.8. The first kappa shape index (κ1) is 39.3. The van der Waals surface area contributed by atoms with Crippen molar-refractivity contribution in [1.29, 1.82) is 5.26 Å². The van der Waals surface area contributed by atoms with Gasteiger partial charge in [-0.1, -0.05) is 127 Å². The third-order valence-electron chi connectivity index (χ3n) is 4.20. The van der Waals surface area contributed by atoms with E-state index in [2.05, 4.69) is 39.8 Å². The summed E-state index contributed by atoms with van der Waals surface area (Å²) in [6.07, 6.45) is 15.6. The molecule has 5 heteroatoms. The summed E-state index contributed by atoms with van der Waals surface area (Å²) in [6.45, 7) is 22.4. The van der Waals surface area contributed by atoms with Gasteiger partial charge in [0.25, 0.3) is 0 Å². The molecule has 1 rings (SSSR count). The maximum absolute atomic E-state index is 10.4. The van der Waals surface area contributed by atoms with Crippen molar-refractivity contribution in [1.82, 2.24) is 0 Å². The molecule has 1 aromatic rings.